The van der Waals surface area contributed by atoms with Crippen molar-refractivity contribution in [2.24, 2.45) is 0 Å². The minimum absolute atomic E-state index is 0.209. The van der Waals surface area contributed by atoms with Crippen LogP contribution in [0.25, 0.3) is 0 Å². The molecular formula is C28H34N6O4S2. The third kappa shape index (κ3) is 7.72. The van der Waals surface area contributed by atoms with Gasteiger partial charge in [-0.25, -0.2) is 9.97 Å². The summed E-state index contributed by atoms with van der Waals surface area (Å²) in [5.74, 6) is 2.17. The van der Waals surface area contributed by atoms with Gasteiger partial charge in [-0.05, 0) is 24.3 Å². The lowest BCUT2D eigenvalue weighted by molar-refractivity contribution is -0.132. The summed E-state index contributed by atoms with van der Waals surface area (Å²) < 4.78 is 10.5. The first-order chi connectivity index (χ1) is 19.7. The van der Waals surface area contributed by atoms with Crippen LogP contribution in [0.1, 0.15) is 24.4 Å². The maximum absolute atomic E-state index is 12.1. The molecule has 212 valence electrons. The standard InChI is InChI=1S/2C14H17N3O2S/c2*18-13(4-3-12-2-1-10-19-12)16-6-8-17(9-7-16)14-15-5-11-20-14/h2*1-2,5,10-11H,3-4,6-9H2. The average molecular weight is 583 g/mol. The normalized spacial score (nSPS) is 15.6. The average Bonchev–Trinajstić information content (AvgIpc) is 3.84. The Morgan fingerprint density at radius 3 is 1.43 bits per heavy atom. The highest BCUT2D eigenvalue weighted by Gasteiger charge is 2.23. The molecule has 2 saturated heterocycles. The molecule has 0 radical (unpaired) electrons. The fourth-order valence-electron chi connectivity index (χ4n) is 4.72. The van der Waals surface area contributed by atoms with E-state index in [1.165, 1.54) is 0 Å². The summed E-state index contributed by atoms with van der Waals surface area (Å²) in [5.41, 5.74) is 0. The SMILES string of the molecule is O=C(CCc1ccco1)N1CCN(c2nccs2)CC1.O=C(CCc1ccco1)N1CCN(c2nccs2)CC1. The summed E-state index contributed by atoms with van der Waals surface area (Å²) in [6, 6.07) is 7.53. The van der Waals surface area contributed by atoms with E-state index in [1.807, 2.05) is 57.2 Å². The summed E-state index contributed by atoms with van der Waals surface area (Å²) in [6.07, 6.45) is 9.33. The van der Waals surface area contributed by atoms with Gasteiger partial charge in [-0.2, -0.15) is 0 Å². The van der Waals surface area contributed by atoms with Gasteiger partial charge in [-0.3, -0.25) is 9.59 Å². The highest BCUT2D eigenvalue weighted by Crippen LogP contribution is 2.20. The minimum Gasteiger partial charge on any atom is -0.469 e. The molecule has 12 heteroatoms. The van der Waals surface area contributed by atoms with Crippen LogP contribution in [-0.4, -0.2) is 83.9 Å². The van der Waals surface area contributed by atoms with Gasteiger partial charge in [-0.1, -0.05) is 0 Å². The summed E-state index contributed by atoms with van der Waals surface area (Å²) >= 11 is 3.29. The predicted octanol–water partition coefficient (Wildman–Crippen LogP) is 4.04. The minimum atomic E-state index is 0.209. The zero-order valence-electron chi connectivity index (χ0n) is 22.4. The molecule has 0 aromatic carbocycles. The van der Waals surface area contributed by atoms with Gasteiger partial charge in [0.2, 0.25) is 11.8 Å². The number of carbonyl (C=O) groups is 2. The van der Waals surface area contributed by atoms with Gasteiger partial charge in [0.15, 0.2) is 10.3 Å². The lowest BCUT2D eigenvalue weighted by atomic mass is 10.2. The van der Waals surface area contributed by atoms with E-state index >= 15 is 0 Å². The smallest absolute Gasteiger partial charge is 0.223 e. The van der Waals surface area contributed by atoms with E-state index in [1.54, 1.807) is 35.2 Å². The molecule has 0 saturated carbocycles. The molecule has 4 aromatic heterocycles. The van der Waals surface area contributed by atoms with Crippen molar-refractivity contribution in [2.75, 3.05) is 62.2 Å². The number of furan rings is 2. The molecule has 40 heavy (non-hydrogen) atoms. The van der Waals surface area contributed by atoms with E-state index in [0.29, 0.717) is 25.7 Å². The van der Waals surface area contributed by atoms with E-state index in [4.69, 9.17) is 8.83 Å². The lowest BCUT2D eigenvalue weighted by Crippen LogP contribution is -2.48. The van der Waals surface area contributed by atoms with Crippen LogP contribution in [0.3, 0.4) is 0 Å². The Kier molecular flexibility index (Phi) is 9.86. The molecule has 2 fully saturated rings. The van der Waals surface area contributed by atoms with Gasteiger partial charge < -0.3 is 28.4 Å². The second-order valence-electron chi connectivity index (χ2n) is 9.52. The number of hydrogen-bond acceptors (Lipinski definition) is 10. The molecule has 4 aromatic rings. The molecule has 6 rings (SSSR count). The van der Waals surface area contributed by atoms with Crippen molar-refractivity contribution in [2.45, 2.75) is 25.7 Å². The molecule has 0 spiro atoms. The molecule has 0 N–H and O–H groups in total. The number of hydrogen-bond donors (Lipinski definition) is 0. The zero-order chi connectivity index (χ0) is 27.6. The van der Waals surface area contributed by atoms with Crippen molar-refractivity contribution in [1.82, 2.24) is 19.8 Å². The molecule has 2 aliphatic rings. The second-order valence-corrected chi connectivity index (χ2v) is 11.3. The number of anilines is 2. The maximum atomic E-state index is 12.1. The van der Waals surface area contributed by atoms with E-state index in [-0.39, 0.29) is 11.8 Å². The number of carbonyl (C=O) groups excluding carboxylic acids is 2. The molecule has 2 aliphatic heterocycles. The Morgan fingerprint density at radius 2 is 1.10 bits per heavy atom. The lowest BCUT2D eigenvalue weighted by Gasteiger charge is -2.34. The number of piperazine rings is 2. The van der Waals surface area contributed by atoms with Crippen LogP contribution in [-0.2, 0) is 22.4 Å². The van der Waals surface area contributed by atoms with Crippen LogP contribution in [0, 0.1) is 0 Å². The molecular weight excluding hydrogens is 548 g/mol. The van der Waals surface area contributed by atoms with Gasteiger partial charge in [0.05, 0.1) is 12.5 Å². The summed E-state index contributed by atoms with van der Waals surface area (Å²) in [7, 11) is 0. The second kappa shape index (κ2) is 14.1. The van der Waals surface area contributed by atoms with E-state index in [9.17, 15) is 9.59 Å². The third-order valence-electron chi connectivity index (χ3n) is 6.98. The Balaban J connectivity index is 0.000000161. The van der Waals surface area contributed by atoms with Gasteiger partial charge in [0, 0.05) is 101 Å². The maximum Gasteiger partial charge on any atom is 0.223 e. The van der Waals surface area contributed by atoms with Gasteiger partial charge >= 0.3 is 0 Å². The van der Waals surface area contributed by atoms with Crippen molar-refractivity contribution in [3.63, 3.8) is 0 Å². The number of amides is 2. The Bertz CT molecular complexity index is 1160. The Hall–Kier alpha value is -3.64. The van der Waals surface area contributed by atoms with Gasteiger partial charge in [0.1, 0.15) is 11.5 Å². The van der Waals surface area contributed by atoms with Crippen LogP contribution in [0.2, 0.25) is 0 Å². The van der Waals surface area contributed by atoms with Crippen molar-refractivity contribution in [3.05, 3.63) is 71.5 Å². The van der Waals surface area contributed by atoms with E-state index in [0.717, 1.165) is 74.1 Å². The number of rotatable bonds is 8. The van der Waals surface area contributed by atoms with Gasteiger partial charge in [-0.15, -0.1) is 22.7 Å². The highest BCUT2D eigenvalue weighted by molar-refractivity contribution is 7.13. The molecule has 10 nitrogen and oxygen atoms in total. The van der Waals surface area contributed by atoms with Crippen LogP contribution < -0.4 is 9.80 Å². The fraction of sp³-hybridized carbons (Fsp3) is 0.429. The van der Waals surface area contributed by atoms with E-state index < -0.39 is 0 Å². The molecule has 0 bridgehead atoms. The fourth-order valence-corrected chi connectivity index (χ4v) is 6.12. The van der Waals surface area contributed by atoms with Crippen molar-refractivity contribution >= 4 is 44.8 Å². The van der Waals surface area contributed by atoms with Gasteiger partial charge in [0.25, 0.3) is 0 Å². The van der Waals surface area contributed by atoms with Crippen LogP contribution in [0.4, 0.5) is 10.3 Å². The molecule has 6 heterocycles. The number of nitrogens with zero attached hydrogens (tertiary/aromatic N) is 6. The number of aromatic nitrogens is 2. The Morgan fingerprint density at radius 1 is 0.675 bits per heavy atom. The summed E-state index contributed by atoms with van der Waals surface area (Å²) in [5, 5.41) is 6.06. The van der Waals surface area contributed by atoms with Crippen LogP contribution in [0.15, 0.2) is 68.8 Å². The Labute approximate surface area is 241 Å². The first-order valence-electron chi connectivity index (χ1n) is 13.5. The number of thiazole rings is 2. The first-order valence-corrected chi connectivity index (χ1v) is 15.3. The molecule has 0 aliphatic carbocycles. The molecule has 0 unspecified atom stereocenters. The monoisotopic (exact) mass is 582 g/mol. The summed E-state index contributed by atoms with van der Waals surface area (Å²) in [4.78, 5) is 41.2. The first kappa shape index (κ1) is 27.9. The number of aryl methyl sites for hydroxylation is 2. The van der Waals surface area contributed by atoms with Crippen molar-refractivity contribution in [1.29, 1.82) is 0 Å². The highest BCUT2D eigenvalue weighted by atomic mass is 32.1. The predicted molar refractivity (Wildman–Crippen MR) is 156 cm³/mol. The van der Waals surface area contributed by atoms with Crippen molar-refractivity contribution < 1.29 is 18.4 Å². The zero-order valence-corrected chi connectivity index (χ0v) is 24.0. The van der Waals surface area contributed by atoms with E-state index in [2.05, 4.69) is 19.8 Å². The quantitative estimate of drug-likeness (QED) is 0.307. The summed E-state index contributed by atoms with van der Waals surface area (Å²) in [6.45, 7) is 6.54. The molecule has 2 amide bonds. The van der Waals surface area contributed by atoms with Crippen molar-refractivity contribution in [3.8, 4) is 0 Å². The topological polar surface area (TPSA) is 99.2 Å². The van der Waals surface area contributed by atoms with Crippen LogP contribution >= 0.6 is 22.7 Å². The third-order valence-corrected chi connectivity index (χ3v) is 8.64. The largest absolute Gasteiger partial charge is 0.469 e. The molecule has 0 atom stereocenters. The van der Waals surface area contributed by atoms with Crippen LogP contribution in [0.5, 0.6) is 0 Å².